The van der Waals surface area contributed by atoms with Crippen molar-refractivity contribution in [1.29, 1.82) is 0 Å². The maximum Gasteiger partial charge on any atom is 0.265 e. The van der Waals surface area contributed by atoms with Gasteiger partial charge in [-0.25, -0.2) is 4.98 Å². The van der Waals surface area contributed by atoms with Crippen molar-refractivity contribution in [3.05, 3.63) is 39.8 Å². The number of amides is 1. The van der Waals surface area contributed by atoms with Gasteiger partial charge in [-0.1, -0.05) is 13.8 Å². The van der Waals surface area contributed by atoms with Crippen LogP contribution in [0.4, 0.5) is 0 Å². The van der Waals surface area contributed by atoms with Gasteiger partial charge in [0.25, 0.3) is 5.91 Å². The number of hydrogen-bond donors (Lipinski definition) is 0. The highest BCUT2D eigenvalue weighted by Crippen LogP contribution is 2.26. The van der Waals surface area contributed by atoms with Crippen molar-refractivity contribution in [2.45, 2.75) is 46.1 Å². The number of piperidine rings is 1. The monoisotopic (exact) mass is 388 g/mol. The smallest absolute Gasteiger partial charge is 0.265 e. The first-order valence-corrected chi connectivity index (χ1v) is 10.3. The van der Waals surface area contributed by atoms with E-state index in [0.29, 0.717) is 5.92 Å². The van der Waals surface area contributed by atoms with E-state index in [1.807, 2.05) is 36.1 Å². The molecule has 1 aromatic heterocycles. The topological polar surface area (TPSA) is 51.7 Å². The molecule has 146 valence electrons. The summed E-state index contributed by atoms with van der Waals surface area (Å²) in [6.07, 6.45) is 2.67. The average Bonchev–Trinajstić information content (AvgIpc) is 3.02. The summed E-state index contributed by atoms with van der Waals surface area (Å²) in [5.41, 5.74) is 0.953. The Morgan fingerprint density at radius 3 is 2.44 bits per heavy atom. The number of benzene rings is 1. The van der Waals surface area contributed by atoms with E-state index in [0.717, 1.165) is 59.4 Å². The van der Waals surface area contributed by atoms with Crippen molar-refractivity contribution in [2.24, 2.45) is 5.92 Å². The van der Waals surface area contributed by atoms with Gasteiger partial charge >= 0.3 is 0 Å². The van der Waals surface area contributed by atoms with Gasteiger partial charge in [0.1, 0.15) is 22.5 Å². The van der Waals surface area contributed by atoms with Gasteiger partial charge in [-0.05, 0) is 43.5 Å². The molecule has 5 nitrogen and oxygen atoms in total. The van der Waals surface area contributed by atoms with Crippen molar-refractivity contribution in [3.8, 4) is 11.5 Å². The maximum absolute atomic E-state index is 13.0. The van der Waals surface area contributed by atoms with Crippen molar-refractivity contribution in [2.75, 3.05) is 20.2 Å². The molecule has 1 aliphatic rings. The molecule has 1 saturated heterocycles. The van der Waals surface area contributed by atoms with Crippen LogP contribution < -0.4 is 9.47 Å². The summed E-state index contributed by atoms with van der Waals surface area (Å²) in [7, 11) is 1.65. The van der Waals surface area contributed by atoms with Crippen LogP contribution in [0.25, 0.3) is 0 Å². The summed E-state index contributed by atoms with van der Waals surface area (Å²) in [5.74, 6) is 2.28. The van der Waals surface area contributed by atoms with Crippen molar-refractivity contribution < 1.29 is 14.3 Å². The zero-order chi connectivity index (χ0) is 19.4. The molecule has 0 spiro atoms. The van der Waals surface area contributed by atoms with E-state index >= 15 is 0 Å². The molecule has 0 saturated carbocycles. The second-order valence-corrected chi connectivity index (χ2v) is 8.59. The first-order valence-electron chi connectivity index (χ1n) is 9.52. The first-order chi connectivity index (χ1) is 13.0. The summed E-state index contributed by atoms with van der Waals surface area (Å²) in [6.45, 7) is 7.73. The number of hydrogen-bond acceptors (Lipinski definition) is 5. The number of ether oxygens (including phenoxy) is 2. The third kappa shape index (κ3) is 5.01. The number of thiazole rings is 1. The van der Waals surface area contributed by atoms with E-state index in [9.17, 15) is 4.79 Å². The van der Waals surface area contributed by atoms with E-state index in [1.165, 1.54) is 11.3 Å². The number of aromatic nitrogens is 1. The maximum atomic E-state index is 13.0. The van der Waals surface area contributed by atoms with Gasteiger partial charge in [0.2, 0.25) is 0 Å². The fourth-order valence-corrected chi connectivity index (χ4v) is 4.24. The highest BCUT2D eigenvalue weighted by Gasteiger charge is 2.28. The van der Waals surface area contributed by atoms with Gasteiger partial charge in [0.15, 0.2) is 0 Å². The Bertz CT molecular complexity index is 762. The Morgan fingerprint density at radius 1 is 1.22 bits per heavy atom. The lowest BCUT2D eigenvalue weighted by Crippen LogP contribution is -2.41. The molecule has 2 aromatic rings. The van der Waals surface area contributed by atoms with Crippen LogP contribution in [0.1, 0.15) is 47.1 Å². The zero-order valence-electron chi connectivity index (χ0n) is 16.5. The second kappa shape index (κ2) is 8.74. The fraction of sp³-hybridized carbons (Fsp3) is 0.524. The molecule has 3 rings (SSSR count). The Labute approximate surface area is 165 Å². The minimum Gasteiger partial charge on any atom is -0.497 e. The Hall–Kier alpha value is -2.08. The lowest BCUT2D eigenvalue weighted by Gasteiger charge is -2.32. The first kappa shape index (κ1) is 19.7. The van der Waals surface area contributed by atoms with Gasteiger partial charge in [0.05, 0.1) is 17.8 Å². The van der Waals surface area contributed by atoms with E-state index in [4.69, 9.17) is 9.47 Å². The molecule has 6 heteroatoms. The number of carbonyl (C=O) groups is 1. The predicted molar refractivity (Wildman–Crippen MR) is 108 cm³/mol. The number of rotatable bonds is 6. The molecule has 0 aliphatic carbocycles. The summed E-state index contributed by atoms with van der Waals surface area (Å²) in [6, 6.07) is 7.65. The standard InChI is InChI=1S/C21H28N2O3S/c1-14(2)13-19-20(27-15(3)22-19)21(24)23-11-9-18(10-12-23)26-17-7-5-16(25-4)6-8-17/h5-8,14,18H,9-13H2,1-4H3. The van der Waals surface area contributed by atoms with Crippen LogP contribution in [-0.4, -0.2) is 42.1 Å². The molecule has 0 atom stereocenters. The van der Waals surface area contributed by atoms with Crippen LogP contribution in [0.15, 0.2) is 24.3 Å². The van der Waals surface area contributed by atoms with Crippen molar-refractivity contribution >= 4 is 17.2 Å². The molecular weight excluding hydrogens is 360 g/mol. The van der Waals surface area contributed by atoms with Gasteiger partial charge in [-0.2, -0.15) is 0 Å². The number of nitrogens with zero attached hydrogens (tertiary/aromatic N) is 2. The molecule has 0 unspecified atom stereocenters. The van der Waals surface area contributed by atoms with Gasteiger partial charge in [0, 0.05) is 25.9 Å². The van der Waals surface area contributed by atoms with Crippen molar-refractivity contribution in [3.63, 3.8) is 0 Å². The molecule has 1 aromatic carbocycles. The van der Waals surface area contributed by atoms with Crippen LogP contribution in [0, 0.1) is 12.8 Å². The zero-order valence-corrected chi connectivity index (χ0v) is 17.3. The van der Waals surface area contributed by atoms with Gasteiger partial charge in [-0.3, -0.25) is 4.79 Å². The van der Waals surface area contributed by atoms with Crippen LogP contribution in [0.2, 0.25) is 0 Å². The third-order valence-corrected chi connectivity index (χ3v) is 5.69. The molecule has 27 heavy (non-hydrogen) atoms. The fourth-order valence-electron chi connectivity index (χ4n) is 3.33. The van der Waals surface area contributed by atoms with Crippen LogP contribution >= 0.6 is 11.3 Å². The molecule has 0 radical (unpaired) electrons. The summed E-state index contributed by atoms with van der Waals surface area (Å²) in [5, 5.41) is 0.965. The highest BCUT2D eigenvalue weighted by atomic mass is 32.1. The second-order valence-electron chi connectivity index (χ2n) is 7.39. The predicted octanol–water partition coefficient (Wildman–Crippen LogP) is 4.34. The molecule has 1 fully saturated rings. The summed E-state index contributed by atoms with van der Waals surface area (Å²) < 4.78 is 11.2. The lowest BCUT2D eigenvalue weighted by molar-refractivity contribution is 0.0598. The molecular formula is C21H28N2O3S. The highest BCUT2D eigenvalue weighted by molar-refractivity contribution is 7.13. The number of likely N-dealkylation sites (tertiary alicyclic amines) is 1. The van der Waals surface area contributed by atoms with E-state index in [1.54, 1.807) is 7.11 Å². The van der Waals surface area contributed by atoms with Crippen LogP contribution in [0.5, 0.6) is 11.5 Å². The molecule has 2 heterocycles. The van der Waals surface area contributed by atoms with E-state index < -0.39 is 0 Å². The average molecular weight is 389 g/mol. The minimum absolute atomic E-state index is 0.124. The largest absolute Gasteiger partial charge is 0.497 e. The lowest BCUT2D eigenvalue weighted by atomic mass is 10.1. The van der Waals surface area contributed by atoms with Crippen LogP contribution in [-0.2, 0) is 6.42 Å². The molecule has 0 N–H and O–H groups in total. The van der Waals surface area contributed by atoms with Crippen LogP contribution in [0.3, 0.4) is 0 Å². The number of aryl methyl sites for hydroxylation is 1. The summed E-state index contributed by atoms with van der Waals surface area (Å²) >= 11 is 1.52. The summed E-state index contributed by atoms with van der Waals surface area (Å²) in [4.78, 5) is 20.3. The van der Waals surface area contributed by atoms with E-state index in [-0.39, 0.29) is 12.0 Å². The molecule has 1 amide bonds. The van der Waals surface area contributed by atoms with Gasteiger partial charge < -0.3 is 14.4 Å². The van der Waals surface area contributed by atoms with Crippen molar-refractivity contribution in [1.82, 2.24) is 9.88 Å². The number of methoxy groups -OCH3 is 1. The Balaban J connectivity index is 1.57. The quantitative estimate of drug-likeness (QED) is 0.739. The molecule has 1 aliphatic heterocycles. The third-order valence-electron chi connectivity index (χ3n) is 4.69. The normalized spacial score (nSPS) is 15.2. The number of carbonyl (C=O) groups excluding carboxylic acids is 1. The SMILES string of the molecule is COc1ccc(OC2CCN(C(=O)c3sc(C)nc3CC(C)C)CC2)cc1. The minimum atomic E-state index is 0.124. The van der Waals surface area contributed by atoms with Gasteiger partial charge in [-0.15, -0.1) is 11.3 Å². The Morgan fingerprint density at radius 2 is 1.85 bits per heavy atom. The Kier molecular flexibility index (Phi) is 6.37. The molecule has 0 bridgehead atoms. The van der Waals surface area contributed by atoms with E-state index in [2.05, 4.69) is 18.8 Å².